The standard InChI is InChI=1S/C17H19BrN2O5S/c1-10(16(21)19-8-11-4-5-26(23,24)9-11)20-17(22)15-7-12-6-13(18)2-3-14(12)25-15/h2-3,6-7,10-11H,4-5,8-9H2,1H3,(H,19,21)(H,20,22). The Morgan fingerprint density at radius 2 is 2.12 bits per heavy atom. The highest BCUT2D eigenvalue weighted by Gasteiger charge is 2.28. The first-order chi connectivity index (χ1) is 12.2. The van der Waals surface area contributed by atoms with Crippen LogP contribution in [0.1, 0.15) is 23.9 Å². The second kappa shape index (κ2) is 7.40. The molecule has 1 aliphatic rings. The first-order valence-corrected chi connectivity index (χ1v) is 10.8. The molecule has 2 aromatic rings. The summed E-state index contributed by atoms with van der Waals surface area (Å²) in [5, 5.41) is 6.07. The first-order valence-electron chi connectivity index (χ1n) is 8.21. The van der Waals surface area contributed by atoms with E-state index in [2.05, 4.69) is 26.6 Å². The fourth-order valence-corrected chi connectivity index (χ4v) is 5.13. The molecule has 3 rings (SSSR count). The summed E-state index contributed by atoms with van der Waals surface area (Å²) in [4.78, 5) is 24.4. The molecule has 2 amide bonds. The number of benzene rings is 1. The number of carbonyl (C=O) groups is 2. The minimum atomic E-state index is -2.97. The molecule has 0 spiro atoms. The predicted octanol–water partition coefficient (Wildman–Crippen LogP) is 1.86. The molecule has 7 nitrogen and oxygen atoms in total. The molecule has 2 unspecified atom stereocenters. The molecule has 140 valence electrons. The van der Waals surface area contributed by atoms with E-state index in [1.54, 1.807) is 19.1 Å². The molecule has 0 aliphatic carbocycles. The zero-order valence-corrected chi connectivity index (χ0v) is 16.5. The summed E-state index contributed by atoms with van der Waals surface area (Å²) in [7, 11) is -2.97. The second-order valence-corrected chi connectivity index (χ2v) is 9.65. The van der Waals surface area contributed by atoms with Gasteiger partial charge in [-0.05, 0) is 43.5 Å². The van der Waals surface area contributed by atoms with Crippen LogP contribution in [0, 0.1) is 5.92 Å². The van der Waals surface area contributed by atoms with E-state index in [1.165, 1.54) is 0 Å². The third-order valence-electron chi connectivity index (χ3n) is 4.33. The van der Waals surface area contributed by atoms with Crippen molar-refractivity contribution in [2.24, 2.45) is 5.92 Å². The maximum absolute atomic E-state index is 12.3. The van der Waals surface area contributed by atoms with E-state index in [-0.39, 0.29) is 35.6 Å². The molecule has 1 fully saturated rings. The van der Waals surface area contributed by atoms with Crippen molar-refractivity contribution in [2.45, 2.75) is 19.4 Å². The molecule has 0 bridgehead atoms. The quantitative estimate of drug-likeness (QED) is 0.734. The molecular formula is C17H19BrN2O5S. The Hall–Kier alpha value is -1.87. The summed E-state index contributed by atoms with van der Waals surface area (Å²) in [6.07, 6.45) is 0.553. The van der Waals surface area contributed by atoms with Gasteiger partial charge in [-0.2, -0.15) is 0 Å². The fourth-order valence-electron chi connectivity index (χ4n) is 2.89. The van der Waals surface area contributed by atoms with Gasteiger partial charge in [-0.3, -0.25) is 9.59 Å². The van der Waals surface area contributed by atoms with Gasteiger partial charge in [-0.15, -0.1) is 0 Å². The number of carbonyl (C=O) groups excluding carboxylic acids is 2. The molecule has 0 radical (unpaired) electrons. The molecule has 2 atom stereocenters. The van der Waals surface area contributed by atoms with Crippen molar-refractivity contribution < 1.29 is 22.4 Å². The monoisotopic (exact) mass is 442 g/mol. The summed E-state index contributed by atoms with van der Waals surface area (Å²) in [5.74, 6) is -0.518. The lowest BCUT2D eigenvalue weighted by molar-refractivity contribution is -0.122. The van der Waals surface area contributed by atoms with Crippen LogP contribution in [0.5, 0.6) is 0 Å². The Kier molecular flexibility index (Phi) is 5.38. The van der Waals surface area contributed by atoms with Gasteiger partial charge in [-0.25, -0.2) is 8.42 Å². The van der Waals surface area contributed by atoms with Gasteiger partial charge in [0.25, 0.3) is 5.91 Å². The predicted molar refractivity (Wildman–Crippen MR) is 101 cm³/mol. The molecule has 1 aromatic carbocycles. The summed E-state index contributed by atoms with van der Waals surface area (Å²) in [6, 6.07) is 6.25. The van der Waals surface area contributed by atoms with Crippen LogP contribution >= 0.6 is 15.9 Å². The van der Waals surface area contributed by atoms with Gasteiger partial charge in [0.1, 0.15) is 11.6 Å². The SMILES string of the molecule is CC(NC(=O)c1cc2cc(Br)ccc2o1)C(=O)NCC1CCS(=O)(=O)C1. The van der Waals surface area contributed by atoms with Gasteiger partial charge in [0.05, 0.1) is 11.5 Å². The van der Waals surface area contributed by atoms with Gasteiger partial charge in [-0.1, -0.05) is 15.9 Å². The van der Waals surface area contributed by atoms with Gasteiger partial charge < -0.3 is 15.1 Å². The largest absolute Gasteiger partial charge is 0.451 e. The van der Waals surface area contributed by atoms with E-state index >= 15 is 0 Å². The maximum Gasteiger partial charge on any atom is 0.287 e. The minimum Gasteiger partial charge on any atom is -0.451 e. The van der Waals surface area contributed by atoms with Crippen molar-refractivity contribution in [3.8, 4) is 0 Å². The van der Waals surface area contributed by atoms with E-state index in [4.69, 9.17) is 4.42 Å². The minimum absolute atomic E-state index is 0.0688. The summed E-state index contributed by atoms with van der Waals surface area (Å²) >= 11 is 3.36. The highest BCUT2D eigenvalue weighted by atomic mass is 79.9. The average Bonchev–Trinajstić information content (AvgIpc) is 3.14. The number of furan rings is 1. The Morgan fingerprint density at radius 1 is 1.35 bits per heavy atom. The molecule has 2 heterocycles. The Balaban J connectivity index is 1.55. The number of sulfone groups is 1. The maximum atomic E-state index is 12.3. The fraction of sp³-hybridized carbons (Fsp3) is 0.412. The molecule has 1 aliphatic heterocycles. The van der Waals surface area contributed by atoms with Crippen LogP contribution in [-0.2, 0) is 14.6 Å². The number of fused-ring (bicyclic) bond motifs is 1. The van der Waals surface area contributed by atoms with Crippen molar-refractivity contribution in [1.82, 2.24) is 10.6 Å². The van der Waals surface area contributed by atoms with Crippen molar-refractivity contribution in [2.75, 3.05) is 18.1 Å². The highest BCUT2D eigenvalue weighted by molar-refractivity contribution is 9.10. The van der Waals surface area contributed by atoms with E-state index < -0.39 is 21.8 Å². The van der Waals surface area contributed by atoms with E-state index in [1.807, 2.05) is 12.1 Å². The summed E-state index contributed by atoms with van der Waals surface area (Å²) in [6.45, 7) is 1.86. The van der Waals surface area contributed by atoms with Gasteiger partial charge in [0, 0.05) is 16.4 Å². The van der Waals surface area contributed by atoms with Gasteiger partial charge in [0.15, 0.2) is 15.6 Å². The smallest absolute Gasteiger partial charge is 0.287 e. The third kappa shape index (κ3) is 4.45. The van der Waals surface area contributed by atoms with Crippen LogP contribution in [0.25, 0.3) is 11.0 Å². The van der Waals surface area contributed by atoms with Crippen LogP contribution in [0.4, 0.5) is 0 Å². The molecule has 0 saturated carbocycles. The Labute approximate surface area is 159 Å². The van der Waals surface area contributed by atoms with E-state index in [0.717, 1.165) is 9.86 Å². The number of amides is 2. The topological polar surface area (TPSA) is 105 Å². The highest BCUT2D eigenvalue weighted by Crippen LogP contribution is 2.23. The summed E-state index contributed by atoms with van der Waals surface area (Å²) in [5.41, 5.74) is 0.581. The normalized spacial score (nSPS) is 20.0. The summed E-state index contributed by atoms with van der Waals surface area (Å²) < 4.78 is 29.2. The van der Waals surface area contributed by atoms with Crippen LogP contribution < -0.4 is 10.6 Å². The van der Waals surface area contributed by atoms with E-state index in [9.17, 15) is 18.0 Å². The van der Waals surface area contributed by atoms with Crippen molar-refractivity contribution >= 4 is 48.6 Å². The average molecular weight is 443 g/mol. The van der Waals surface area contributed by atoms with Crippen molar-refractivity contribution in [3.63, 3.8) is 0 Å². The molecular weight excluding hydrogens is 424 g/mol. The number of halogens is 1. The van der Waals surface area contributed by atoms with Crippen molar-refractivity contribution in [3.05, 3.63) is 34.5 Å². The number of hydrogen-bond donors (Lipinski definition) is 2. The lowest BCUT2D eigenvalue weighted by Crippen LogP contribution is -2.46. The lowest BCUT2D eigenvalue weighted by Gasteiger charge is -2.15. The van der Waals surface area contributed by atoms with Crippen molar-refractivity contribution in [1.29, 1.82) is 0 Å². The third-order valence-corrected chi connectivity index (χ3v) is 6.66. The van der Waals surface area contributed by atoms with E-state index in [0.29, 0.717) is 12.0 Å². The molecule has 1 saturated heterocycles. The number of nitrogens with one attached hydrogen (secondary N) is 2. The number of rotatable bonds is 5. The molecule has 9 heteroatoms. The molecule has 2 N–H and O–H groups in total. The molecule has 26 heavy (non-hydrogen) atoms. The Morgan fingerprint density at radius 3 is 2.81 bits per heavy atom. The molecule has 1 aromatic heterocycles. The van der Waals surface area contributed by atoms with Crippen LogP contribution in [0.2, 0.25) is 0 Å². The van der Waals surface area contributed by atoms with Crippen LogP contribution in [-0.4, -0.2) is 44.3 Å². The number of hydrogen-bond acceptors (Lipinski definition) is 5. The van der Waals surface area contributed by atoms with Crippen LogP contribution in [0.15, 0.2) is 33.2 Å². The Bertz CT molecular complexity index is 953. The van der Waals surface area contributed by atoms with Gasteiger partial charge in [0.2, 0.25) is 5.91 Å². The zero-order valence-electron chi connectivity index (χ0n) is 14.1. The first kappa shape index (κ1) is 18.9. The van der Waals surface area contributed by atoms with Gasteiger partial charge >= 0.3 is 0 Å². The second-order valence-electron chi connectivity index (χ2n) is 6.50. The lowest BCUT2D eigenvalue weighted by atomic mass is 10.1. The zero-order chi connectivity index (χ0) is 18.9. The van der Waals surface area contributed by atoms with Crippen LogP contribution in [0.3, 0.4) is 0 Å².